The predicted molar refractivity (Wildman–Crippen MR) is 85.5 cm³/mol. The van der Waals surface area contributed by atoms with Gasteiger partial charge < -0.3 is 20.5 Å². The van der Waals surface area contributed by atoms with Crippen LogP contribution in [0.3, 0.4) is 0 Å². The molecule has 2 aromatic rings. The van der Waals surface area contributed by atoms with Gasteiger partial charge in [-0.3, -0.25) is 0 Å². The number of rotatable bonds is 4. The van der Waals surface area contributed by atoms with Crippen LogP contribution in [0.4, 0.5) is 4.79 Å². The Kier molecular flexibility index (Phi) is 4.52. The van der Waals surface area contributed by atoms with Gasteiger partial charge in [-0.2, -0.15) is 0 Å². The first-order valence-corrected chi connectivity index (χ1v) is 8.02. The molecule has 2 atom stereocenters. The van der Waals surface area contributed by atoms with Crippen LogP contribution in [0.5, 0.6) is 5.75 Å². The van der Waals surface area contributed by atoms with Crippen LogP contribution in [0, 0.1) is 0 Å². The predicted octanol–water partition coefficient (Wildman–Crippen LogP) is 2.87. The fraction of sp³-hybridized carbons (Fsp3) is 0.267. The lowest BCUT2D eigenvalue weighted by Crippen LogP contribution is -2.40. The van der Waals surface area contributed by atoms with E-state index < -0.39 is 6.10 Å². The molecule has 116 valence electrons. The highest BCUT2D eigenvalue weighted by molar-refractivity contribution is 7.16. The third-order valence-electron chi connectivity index (χ3n) is 3.38. The number of thiophene rings is 1. The highest BCUT2D eigenvalue weighted by Crippen LogP contribution is 2.31. The van der Waals surface area contributed by atoms with Gasteiger partial charge in [0.2, 0.25) is 0 Å². The second-order valence-corrected chi connectivity index (χ2v) is 6.66. The number of aliphatic hydroxyl groups excluding tert-OH is 1. The van der Waals surface area contributed by atoms with Crippen molar-refractivity contribution in [3.63, 3.8) is 0 Å². The van der Waals surface area contributed by atoms with Gasteiger partial charge in [0, 0.05) is 10.4 Å². The van der Waals surface area contributed by atoms with Crippen molar-refractivity contribution < 1.29 is 14.6 Å². The number of hydrogen-bond acceptors (Lipinski definition) is 4. The lowest BCUT2D eigenvalue weighted by Gasteiger charge is -2.14. The number of urea groups is 1. The first-order chi connectivity index (χ1) is 10.6. The summed E-state index contributed by atoms with van der Waals surface area (Å²) >= 11 is 7.12. The molecule has 0 bridgehead atoms. The van der Waals surface area contributed by atoms with Gasteiger partial charge in [-0.15, -0.1) is 11.3 Å². The summed E-state index contributed by atoms with van der Waals surface area (Å²) < 4.78 is 6.11. The molecule has 3 N–H and O–H groups in total. The average Bonchev–Trinajstić information content (AvgIpc) is 3.12. The summed E-state index contributed by atoms with van der Waals surface area (Å²) in [6.45, 7) is 0.535. The smallest absolute Gasteiger partial charge is 0.315 e. The van der Waals surface area contributed by atoms with Crippen molar-refractivity contribution in [2.75, 3.05) is 13.2 Å². The van der Waals surface area contributed by atoms with Crippen molar-refractivity contribution in [3.05, 3.63) is 51.2 Å². The van der Waals surface area contributed by atoms with Crippen LogP contribution in [0.15, 0.2) is 36.4 Å². The van der Waals surface area contributed by atoms with Crippen LogP contribution in [0.1, 0.15) is 22.6 Å². The monoisotopic (exact) mass is 338 g/mol. The Morgan fingerprint density at radius 3 is 3.00 bits per heavy atom. The molecule has 0 fully saturated rings. The number of benzene rings is 1. The molecule has 0 radical (unpaired) electrons. The van der Waals surface area contributed by atoms with E-state index in [1.165, 1.54) is 11.3 Å². The Balaban J connectivity index is 1.51. The highest BCUT2D eigenvalue weighted by atomic mass is 35.5. The number of nitrogens with one attached hydrogen (secondary N) is 2. The third-order valence-corrected chi connectivity index (χ3v) is 4.72. The van der Waals surface area contributed by atoms with Crippen LogP contribution >= 0.6 is 22.9 Å². The normalized spacial score (nSPS) is 17.5. The zero-order chi connectivity index (χ0) is 15.5. The van der Waals surface area contributed by atoms with E-state index in [0.29, 0.717) is 10.9 Å². The van der Waals surface area contributed by atoms with Crippen molar-refractivity contribution in [1.82, 2.24) is 10.6 Å². The van der Waals surface area contributed by atoms with Crippen molar-refractivity contribution in [2.24, 2.45) is 0 Å². The molecule has 0 spiro atoms. The molecular weight excluding hydrogens is 324 g/mol. The maximum atomic E-state index is 11.9. The van der Waals surface area contributed by atoms with Crippen LogP contribution < -0.4 is 15.4 Å². The molecule has 0 unspecified atom stereocenters. The second-order valence-electron chi connectivity index (χ2n) is 4.91. The summed E-state index contributed by atoms with van der Waals surface area (Å²) in [5.41, 5.74) is 0.961. The SMILES string of the molecule is O=C(NC[C@@H](O)c1ccc(Cl)s1)N[C@H]1COc2ccccc21. The molecule has 7 heteroatoms. The Hall–Kier alpha value is -1.76. The van der Waals surface area contributed by atoms with Gasteiger partial charge in [0.15, 0.2) is 0 Å². The number of halogens is 1. The maximum absolute atomic E-state index is 11.9. The van der Waals surface area contributed by atoms with Gasteiger partial charge in [-0.25, -0.2) is 4.79 Å². The lowest BCUT2D eigenvalue weighted by molar-refractivity contribution is 0.175. The molecule has 1 aromatic carbocycles. The third kappa shape index (κ3) is 3.35. The lowest BCUT2D eigenvalue weighted by atomic mass is 10.1. The number of carbonyl (C=O) groups is 1. The number of aliphatic hydroxyl groups is 1. The van der Waals surface area contributed by atoms with E-state index in [1.807, 2.05) is 24.3 Å². The fourth-order valence-electron chi connectivity index (χ4n) is 2.29. The molecule has 0 saturated heterocycles. The minimum absolute atomic E-state index is 0.123. The van der Waals surface area contributed by atoms with Crippen LogP contribution in [-0.4, -0.2) is 24.3 Å². The average molecular weight is 339 g/mol. The summed E-state index contributed by atoms with van der Waals surface area (Å²) in [4.78, 5) is 12.7. The fourth-order valence-corrected chi connectivity index (χ4v) is 3.34. The molecule has 3 rings (SSSR count). The number of hydrogen-bond donors (Lipinski definition) is 3. The number of amides is 2. The Morgan fingerprint density at radius 2 is 2.23 bits per heavy atom. The highest BCUT2D eigenvalue weighted by Gasteiger charge is 2.25. The number of ether oxygens (including phenoxy) is 1. The van der Waals surface area contributed by atoms with E-state index in [4.69, 9.17) is 16.3 Å². The molecule has 0 aliphatic carbocycles. The van der Waals surface area contributed by atoms with Gasteiger partial charge in [0.25, 0.3) is 0 Å². The molecule has 1 aliphatic heterocycles. The molecule has 5 nitrogen and oxygen atoms in total. The molecule has 1 aromatic heterocycles. The minimum atomic E-state index is -0.768. The van der Waals surface area contributed by atoms with Crippen molar-refractivity contribution in [3.8, 4) is 5.75 Å². The summed E-state index contributed by atoms with van der Waals surface area (Å²) in [5.74, 6) is 0.793. The number of carbonyl (C=O) groups excluding carboxylic acids is 1. The van der Waals surface area contributed by atoms with Gasteiger partial charge in [-0.1, -0.05) is 29.8 Å². The quantitative estimate of drug-likeness (QED) is 0.802. The van der Waals surface area contributed by atoms with Crippen molar-refractivity contribution in [2.45, 2.75) is 12.1 Å². The van der Waals surface area contributed by atoms with E-state index in [2.05, 4.69) is 10.6 Å². The van der Waals surface area contributed by atoms with E-state index in [1.54, 1.807) is 12.1 Å². The van der Waals surface area contributed by atoms with Gasteiger partial charge >= 0.3 is 6.03 Å². The zero-order valence-corrected chi connectivity index (χ0v) is 13.2. The summed E-state index contributed by atoms with van der Waals surface area (Å²) in [6.07, 6.45) is -0.768. The molecule has 22 heavy (non-hydrogen) atoms. The molecule has 1 aliphatic rings. The molecule has 2 heterocycles. The van der Waals surface area contributed by atoms with Crippen LogP contribution in [0.25, 0.3) is 0 Å². The Bertz CT molecular complexity index is 676. The second kappa shape index (κ2) is 6.56. The topological polar surface area (TPSA) is 70.6 Å². The first kappa shape index (κ1) is 15.1. The molecule has 2 amide bonds. The summed E-state index contributed by atoms with van der Waals surface area (Å²) in [5, 5.41) is 15.5. The Morgan fingerprint density at radius 1 is 1.41 bits per heavy atom. The van der Waals surface area contributed by atoms with Crippen molar-refractivity contribution in [1.29, 1.82) is 0 Å². The Labute approximate surface area is 136 Å². The van der Waals surface area contributed by atoms with E-state index in [9.17, 15) is 9.90 Å². The van der Waals surface area contributed by atoms with Gasteiger partial charge in [0.05, 0.1) is 16.9 Å². The van der Waals surface area contributed by atoms with Gasteiger partial charge in [-0.05, 0) is 18.2 Å². The van der Waals surface area contributed by atoms with E-state index in [0.717, 1.165) is 16.2 Å². The molecular formula is C15H15ClN2O3S. The van der Waals surface area contributed by atoms with Gasteiger partial charge in [0.1, 0.15) is 18.5 Å². The van der Waals surface area contributed by atoms with Crippen LogP contribution in [0.2, 0.25) is 4.34 Å². The van der Waals surface area contributed by atoms with E-state index in [-0.39, 0.29) is 18.6 Å². The summed E-state index contributed by atoms with van der Waals surface area (Å²) in [7, 11) is 0. The number of fused-ring (bicyclic) bond motifs is 1. The maximum Gasteiger partial charge on any atom is 0.315 e. The number of para-hydroxylation sites is 1. The molecule has 0 saturated carbocycles. The largest absolute Gasteiger partial charge is 0.491 e. The summed E-state index contributed by atoms with van der Waals surface area (Å²) in [6, 6.07) is 10.6. The zero-order valence-electron chi connectivity index (χ0n) is 11.6. The first-order valence-electron chi connectivity index (χ1n) is 6.83. The van der Waals surface area contributed by atoms with Crippen LogP contribution in [-0.2, 0) is 0 Å². The minimum Gasteiger partial charge on any atom is -0.491 e. The van der Waals surface area contributed by atoms with Crippen molar-refractivity contribution >= 4 is 29.0 Å². The van der Waals surface area contributed by atoms with E-state index >= 15 is 0 Å². The standard InChI is InChI=1S/C15H15ClN2O3S/c16-14-6-5-13(22-14)11(19)7-17-15(20)18-10-8-21-12-4-2-1-3-9(10)12/h1-6,10-11,19H,7-8H2,(H2,17,18,20)/t10-,11+/m0/s1.